The number of anilines is 1. The highest BCUT2D eigenvalue weighted by atomic mass is 16.5. The Hall–Kier alpha value is -3.60. The van der Waals surface area contributed by atoms with E-state index in [4.69, 9.17) is 9.47 Å². The Bertz CT molecular complexity index is 966. The van der Waals surface area contributed by atoms with Crippen molar-refractivity contribution in [1.82, 2.24) is 0 Å². The number of para-hydroxylation sites is 2. The maximum absolute atomic E-state index is 12.2. The van der Waals surface area contributed by atoms with Crippen molar-refractivity contribution in [2.75, 3.05) is 11.9 Å². The molecule has 0 aromatic heterocycles. The topological polar surface area (TPSA) is 64.6 Å². The summed E-state index contributed by atoms with van der Waals surface area (Å²) < 4.78 is 10.8. The van der Waals surface area contributed by atoms with Gasteiger partial charge in [0.15, 0.2) is 6.61 Å². The van der Waals surface area contributed by atoms with Crippen molar-refractivity contribution < 1.29 is 19.1 Å². The number of benzene rings is 3. The molecule has 0 atom stereocenters. The molecule has 5 heteroatoms. The van der Waals surface area contributed by atoms with Crippen LogP contribution in [0.3, 0.4) is 0 Å². The molecular weight excluding hydrogens is 366 g/mol. The van der Waals surface area contributed by atoms with E-state index in [-0.39, 0.29) is 18.4 Å². The van der Waals surface area contributed by atoms with E-state index in [1.165, 1.54) is 0 Å². The van der Waals surface area contributed by atoms with Crippen LogP contribution in [0.1, 0.15) is 35.7 Å². The van der Waals surface area contributed by atoms with Crippen LogP contribution in [-0.2, 0) is 9.53 Å². The molecule has 0 saturated carbocycles. The van der Waals surface area contributed by atoms with Gasteiger partial charge in [0.2, 0.25) is 0 Å². The molecule has 0 heterocycles. The van der Waals surface area contributed by atoms with Crippen LogP contribution in [0.2, 0.25) is 0 Å². The molecule has 5 nitrogen and oxygen atoms in total. The van der Waals surface area contributed by atoms with Gasteiger partial charge in [-0.05, 0) is 53.9 Å². The number of carbonyl (C=O) groups excluding carboxylic acids is 2. The van der Waals surface area contributed by atoms with Gasteiger partial charge in [-0.1, -0.05) is 50.2 Å². The number of rotatable bonds is 7. The molecule has 3 aromatic rings. The van der Waals surface area contributed by atoms with Gasteiger partial charge in [-0.25, -0.2) is 4.79 Å². The fourth-order valence-electron chi connectivity index (χ4n) is 2.80. The molecule has 148 valence electrons. The van der Waals surface area contributed by atoms with Gasteiger partial charge in [-0.15, -0.1) is 0 Å². The normalized spacial score (nSPS) is 10.4. The van der Waals surface area contributed by atoms with Gasteiger partial charge < -0.3 is 14.8 Å². The Morgan fingerprint density at radius 1 is 0.828 bits per heavy atom. The van der Waals surface area contributed by atoms with E-state index in [0.717, 1.165) is 11.3 Å². The lowest BCUT2D eigenvalue weighted by Gasteiger charge is -2.13. The zero-order chi connectivity index (χ0) is 20.6. The minimum absolute atomic E-state index is 0.269. The number of hydrogen-bond donors (Lipinski definition) is 1. The number of hydrogen-bond acceptors (Lipinski definition) is 4. The molecule has 3 rings (SSSR count). The summed E-state index contributed by atoms with van der Waals surface area (Å²) in [5.41, 5.74) is 2.10. The molecule has 0 unspecified atom stereocenters. The van der Waals surface area contributed by atoms with Crippen LogP contribution >= 0.6 is 0 Å². The van der Waals surface area contributed by atoms with E-state index in [9.17, 15) is 9.59 Å². The first-order valence-electron chi connectivity index (χ1n) is 9.42. The minimum Gasteiger partial charge on any atom is -0.457 e. The van der Waals surface area contributed by atoms with Gasteiger partial charge in [0, 0.05) is 5.69 Å². The van der Waals surface area contributed by atoms with Crippen molar-refractivity contribution in [2.24, 2.45) is 0 Å². The van der Waals surface area contributed by atoms with Gasteiger partial charge in [0.1, 0.15) is 11.5 Å². The van der Waals surface area contributed by atoms with E-state index >= 15 is 0 Å². The van der Waals surface area contributed by atoms with Gasteiger partial charge in [-0.2, -0.15) is 0 Å². The molecule has 1 N–H and O–H groups in total. The van der Waals surface area contributed by atoms with Crippen LogP contribution in [0.5, 0.6) is 11.5 Å². The van der Waals surface area contributed by atoms with Crippen molar-refractivity contribution in [3.8, 4) is 11.5 Å². The molecule has 0 fully saturated rings. The number of amides is 1. The summed E-state index contributed by atoms with van der Waals surface area (Å²) in [5, 5.41) is 2.80. The summed E-state index contributed by atoms with van der Waals surface area (Å²) in [6.07, 6.45) is 0. The first-order chi connectivity index (χ1) is 14.0. The van der Waals surface area contributed by atoms with Gasteiger partial charge in [0.25, 0.3) is 5.91 Å². The fourth-order valence-corrected chi connectivity index (χ4v) is 2.80. The second-order valence-corrected chi connectivity index (χ2v) is 6.81. The quantitative estimate of drug-likeness (QED) is 0.550. The molecule has 0 aliphatic rings. The highest BCUT2D eigenvalue weighted by Gasteiger charge is 2.13. The lowest BCUT2D eigenvalue weighted by atomic mass is 10.0. The molecule has 3 aromatic carbocycles. The van der Waals surface area contributed by atoms with E-state index in [1.807, 2.05) is 54.6 Å². The lowest BCUT2D eigenvalue weighted by molar-refractivity contribution is -0.119. The first kappa shape index (κ1) is 20.1. The predicted molar refractivity (Wildman–Crippen MR) is 112 cm³/mol. The molecule has 29 heavy (non-hydrogen) atoms. The van der Waals surface area contributed by atoms with Crippen LogP contribution in [0.25, 0.3) is 0 Å². The summed E-state index contributed by atoms with van der Waals surface area (Å²) in [6.45, 7) is 3.75. The highest BCUT2D eigenvalue weighted by molar-refractivity contribution is 5.96. The monoisotopic (exact) mass is 389 g/mol. The fraction of sp³-hybridized carbons (Fsp3) is 0.167. The van der Waals surface area contributed by atoms with E-state index < -0.39 is 5.97 Å². The Kier molecular flexibility index (Phi) is 6.63. The maximum atomic E-state index is 12.2. The van der Waals surface area contributed by atoms with Crippen molar-refractivity contribution in [2.45, 2.75) is 19.8 Å². The van der Waals surface area contributed by atoms with Crippen LogP contribution in [0.15, 0.2) is 78.9 Å². The zero-order valence-electron chi connectivity index (χ0n) is 16.4. The first-order valence-corrected chi connectivity index (χ1v) is 9.42. The second-order valence-electron chi connectivity index (χ2n) is 6.81. The lowest BCUT2D eigenvalue weighted by Crippen LogP contribution is -2.21. The van der Waals surface area contributed by atoms with Crippen LogP contribution in [0, 0.1) is 0 Å². The van der Waals surface area contributed by atoms with Gasteiger partial charge >= 0.3 is 5.97 Å². The third kappa shape index (κ3) is 5.69. The van der Waals surface area contributed by atoms with Crippen molar-refractivity contribution >= 4 is 17.6 Å². The van der Waals surface area contributed by atoms with Crippen molar-refractivity contribution in [3.05, 3.63) is 90.0 Å². The molecule has 0 radical (unpaired) electrons. The largest absolute Gasteiger partial charge is 0.457 e. The Morgan fingerprint density at radius 2 is 1.45 bits per heavy atom. The molecule has 0 spiro atoms. The molecule has 0 saturated heterocycles. The average molecular weight is 389 g/mol. The van der Waals surface area contributed by atoms with Crippen LogP contribution in [0.4, 0.5) is 5.69 Å². The smallest absolute Gasteiger partial charge is 0.338 e. The van der Waals surface area contributed by atoms with E-state index in [2.05, 4.69) is 19.2 Å². The van der Waals surface area contributed by atoms with Gasteiger partial charge in [-0.3, -0.25) is 4.79 Å². The van der Waals surface area contributed by atoms with Gasteiger partial charge in [0.05, 0.1) is 5.56 Å². The number of esters is 1. The van der Waals surface area contributed by atoms with E-state index in [0.29, 0.717) is 17.1 Å². The van der Waals surface area contributed by atoms with Crippen LogP contribution in [-0.4, -0.2) is 18.5 Å². The third-order valence-electron chi connectivity index (χ3n) is 4.26. The molecule has 0 bridgehead atoms. The Balaban J connectivity index is 1.53. The third-order valence-corrected chi connectivity index (χ3v) is 4.26. The summed E-state index contributed by atoms with van der Waals surface area (Å²) in [4.78, 5) is 24.4. The Labute approximate surface area is 170 Å². The average Bonchev–Trinajstić information content (AvgIpc) is 2.73. The second kappa shape index (κ2) is 9.55. The molecule has 1 amide bonds. The predicted octanol–water partition coefficient (Wildman–Crippen LogP) is 5.40. The summed E-state index contributed by atoms with van der Waals surface area (Å²) in [6, 6.07) is 23.5. The zero-order valence-corrected chi connectivity index (χ0v) is 16.4. The standard InChI is InChI=1S/C24H23NO4/c1-17(2)21-10-6-7-11-22(21)25-23(26)16-28-24(27)18-12-14-20(15-13-18)29-19-8-4-3-5-9-19/h3-15,17H,16H2,1-2H3,(H,25,26). The van der Waals surface area contributed by atoms with Crippen molar-refractivity contribution in [3.63, 3.8) is 0 Å². The Morgan fingerprint density at radius 3 is 2.14 bits per heavy atom. The number of nitrogens with one attached hydrogen (secondary N) is 1. The SMILES string of the molecule is CC(C)c1ccccc1NC(=O)COC(=O)c1ccc(Oc2ccccc2)cc1. The number of ether oxygens (including phenoxy) is 2. The highest BCUT2D eigenvalue weighted by Crippen LogP contribution is 2.24. The molecule has 0 aliphatic carbocycles. The number of carbonyl (C=O) groups is 2. The summed E-state index contributed by atoms with van der Waals surface area (Å²) in [7, 11) is 0. The molecular formula is C24H23NO4. The van der Waals surface area contributed by atoms with E-state index in [1.54, 1.807) is 24.3 Å². The van der Waals surface area contributed by atoms with Crippen LogP contribution < -0.4 is 10.1 Å². The summed E-state index contributed by atoms with van der Waals surface area (Å²) >= 11 is 0. The minimum atomic E-state index is -0.566. The summed E-state index contributed by atoms with van der Waals surface area (Å²) in [5.74, 6) is 0.640. The molecule has 0 aliphatic heterocycles. The maximum Gasteiger partial charge on any atom is 0.338 e. The van der Waals surface area contributed by atoms with Crippen molar-refractivity contribution in [1.29, 1.82) is 0 Å².